The van der Waals surface area contributed by atoms with Crippen molar-refractivity contribution in [3.05, 3.63) is 243 Å². The van der Waals surface area contributed by atoms with E-state index >= 15 is 0 Å². The van der Waals surface area contributed by atoms with E-state index in [1.807, 2.05) is 77.7 Å². The molecule has 71 heavy (non-hydrogen) atoms. The monoisotopic (exact) mass is 944 g/mol. The maximum absolute atomic E-state index is 5.16. The van der Waals surface area contributed by atoms with Gasteiger partial charge in [-0.15, -0.1) is 22.7 Å². The highest BCUT2D eigenvalue weighted by atomic mass is 32.1. The molecule has 0 bridgehead atoms. The van der Waals surface area contributed by atoms with Crippen LogP contribution in [-0.4, -0.2) is 24.1 Å². The molecule has 0 spiro atoms. The van der Waals surface area contributed by atoms with Crippen LogP contribution in [0.3, 0.4) is 0 Å². The predicted molar refractivity (Wildman–Crippen MR) is 298 cm³/mol. The molecule has 14 aromatic rings. The number of anilines is 3. The first kappa shape index (κ1) is 41.1. The van der Waals surface area contributed by atoms with Crippen LogP contribution >= 0.6 is 22.7 Å². The van der Waals surface area contributed by atoms with Gasteiger partial charge in [0.25, 0.3) is 0 Å². The van der Waals surface area contributed by atoms with Crippen LogP contribution in [0, 0.1) is 0 Å². The molecule has 0 radical (unpaired) electrons. The molecule has 0 unspecified atom stereocenters. The number of para-hydroxylation sites is 3. The van der Waals surface area contributed by atoms with Gasteiger partial charge in [-0.2, -0.15) is 0 Å². The molecule has 0 saturated heterocycles. The number of fused-ring (bicyclic) bond motifs is 7. The van der Waals surface area contributed by atoms with Crippen LogP contribution in [0.15, 0.2) is 243 Å². The van der Waals surface area contributed by atoms with E-state index in [1.54, 1.807) is 0 Å². The van der Waals surface area contributed by atoms with Crippen LogP contribution in [0.5, 0.6) is 0 Å². The van der Waals surface area contributed by atoms with E-state index in [9.17, 15) is 0 Å². The lowest BCUT2D eigenvalue weighted by molar-refractivity contribution is 1.16. The van der Waals surface area contributed by atoms with Gasteiger partial charge in [-0.05, 0) is 133 Å². The highest BCUT2D eigenvalue weighted by Crippen LogP contribution is 2.45. The summed E-state index contributed by atoms with van der Waals surface area (Å²) >= 11 is 3.67. The number of benzene rings is 7. The van der Waals surface area contributed by atoms with Gasteiger partial charge in [0.1, 0.15) is 5.82 Å². The van der Waals surface area contributed by atoms with Crippen molar-refractivity contribution in [3.63, 3.8) is 0 Å². The number of pyridine rings is 3. The van der Waals surface area contributed by atoms with Gasteiger partial charge < -0.3 is 9.13 Å². The average Bonchev–Trinajstić information content (AvgIpc) is 4.20. The van der Waals surface area contributed by atoms with Gasteiger partial charge in [0, 0.05) is 98.7 Å². The molecule has 0 N–H and O–H groups in total. The molecule has 7 aromatic heterocycles. The van der Waals surface area contributed by atoms with Crippen molar-refractivity contribution in [1.82, 2.24) is 24.1 Å². The van der Waals surface area contributed by atoms with Crippen molar-refractivity contribution in [1.29, 1.82) is 0 Å². The topological polar surface area (TPSA) is 51.8 Å². The SMILES string of the molecule is c1ccc(-n2c3ccccc3c3cc4c5cc(-c6cc7sc(-c8ccc(N(c9cccc(-c%10ccccn%10)c9)c9cccc(-c%10ccccn%10)c9)nc8)cc7s6)ccc5n(-c5ccccc5)c4cc32)cc1. The summed E-state index contributed by atoms with van der Waals surface area (Å²) < 4.78 is 7.37. The Kier molecular flexibility index (Phi) is 9.79. The third-order valence-corrected chi connectivity index (χ3v) is 15.9. The summed E-state index contributed by atoms with van der Waals surface area (Å²) in [5, 5.41) is 4.98. The number of thiophene rings is 2. The van der Waals surface area contributed by atoms with E-state index in [2.05, 4.69) is 212 Å². The fourth-order valence-electron chi connectivity index (χ4n) is 10.2. The third kappa shape index (κ3) is 7.11. The molecule has 7 aromatic carbocycles. The van der Waals surface area contributed by atoms with Gasteiger partial charge in [-0.3, -0.25) is 14.9 Å². The fraction of sp³-hybridized carbons (Fsp3) is 0. The molecule has 334 valence electrons. The molecule has 0 atom stereocenters. The first-order valence-electron chi connectivity index (χ1n) is 23.6. The molecular formula is C63H40N6S2. The van der Waals surface area contributed by atoms with Crippen molar-refractivity contribution in [2.45, 2.75) is 0 Å². The van der Waals surface area contributed by atoms with E-state index in [0.29, 0.717) is 0 Å². The van der Waals surface area contributed by atoms with Crippen LogP contribution in [-0.2, 0) is 0 Å². The van der Waals surface area contributed by atoms with Gasteiger partial charge in [-0.1, -0.05) is 97.1 Å². The molecule has 0 aliphatic carbocycles. The first-order chi connectivity index (χ1) is 35.2. The highest BCUT2D eigenvalue weighted by Gasteiger charge is 2.21. The van der Waals surface area contributed by atoms with Crippen molar-refractivity contribution in [2.24, 2.45) is 0 Å². The van der Waals surface area contributed by atoms with Crippen LogP contribution in [0.1, 0.15) is 0 Å². The summed E-state index contributed by atoms with van der Waals surface area (Å²) in [4.78, 5) is 19.1. The highest BCUT2D eigenvalue weighted by molar-refractivity contribution is 7.31. The van der Waals surface area contributed by atoms with E-state index in [4.69, 9.17) is 4.98 Å². The Morgan fingerprint density at radius 3 is 1.46 bits per heavy atom. The van der Waals surface area contributed by atoms with Gasteiger partial charge in [0.2, 0.25) is 0 Å². The predicted octanol–water partition coefficient (Wildman–Crippen LogP) is 17.5. The van der Waals surface area contributed by atoms with Crippen molar-refractivity contribution < 1.29 is 0 Å². The molecule has 0 saturated carbocycles. The quantitative estimate of drug-likeness (QED) is 0.145. The summed E-state index contributed by atoms with van der Waals surface area (Å²) in [5.74, 6) is 0.817. The molecule has 0 amide bonds. The Labute approximate surface area is 417 Å². The van der Waals surface area contributed by atoms with Crippen LogP contribution < -0.4 is 4.90 Å². The van der Waals surface area contributed by atoms with Crippen molar-refractivity contribution in [2.75, 3.05) is 4.90 Å². The van der Waals surface area contributed by atoms with Crippen LogP contribution in [0.4, 0.5) is 17.2 Å². The van der Waals surface area contributed by atoms with Crippen LogP contribution in [0.2, 0.25) is 0 Å². The normalized spacial score (nSPS) is 11.7. The largest absolute Gasteiger partial charge is 0.309 e. The molecule has 14 rings (SSSR count). The second kappa shape index (κ2) is 16.9. The van der Waals surface area contributed by atoms with E-state index in [1.165, 1.54) is 68.3 Å². The van der Waals surface area contributed by atoms with Gasteiger partial charge in [0.15, 0.2) is 0 Å². The zero-order valence-corrected chi connectivity index (χ0v) is 39.7. The summed E-state index contributed by atoms with van der Waals surface area (Å²) in [6.45, 7) is 0. The number of hydrogen-bond acceptors (Lipinski definition) is 6. The number of rotatable bonds is 9. The maximum atomic E-state index is 5.16. The summed E-state index contributed by atoms with van der Waals surface area (Å²) in [5.41, 5.74) is 15.3. The number of hydrogen-bond donors (Lipinski definition) is 0. The minimum Gasteiger partial charge on any atom is -0.309 e. The molecule has 6 nitrogen and oxygen atoms in total. The average molecular weight is 945 g/mol. The Bertz CT molecular complexity index is 4160. The van der Waals surface area contributed by atoms with Crippen LogP contribution in [0.25, 0.3) is 108 Å². The Hall–Kier alpha value is -8.95. The van der Waals surface area contributed by atoms with Gasteiger partial charge in [-0.25, -0.2) is 4.98 Å². The first-order valence-corrected chi connectivity index (χ1v) is 25.3. The second-order valence-corrected chi connectivity index (χ2v) is 19.9. The molecular weight excluding hydrogens is 905 g/mol. The molecule has 8 heteroatoms. The fourth-order valence-corrected chi connectivity index (χ4v) is 12.6. The zero-order chi connectivity index (χ0) is 46.8. The smallest absolute Gasteiger partial charge is 0.137 e. The summed E-state index contributed by atoms with van der Waals surface area (Å²) in [6, 6.07) is 80.1. The van der Waals surface area contributed by atoms with Crippen molar-refractivity contribution in [3.8, 4) is 54.8 Å². The lowest BCUT2D eigenvalue weighted by atomic mass is 10.1. The molecule has 0 aliphatic heterocycles. The minimum absolute atomic E-state index is 0.817. The molecule has 0 fully saturated rings. The standard InChI is InChI=1S/C63H40N6S2/c1-3-17-45(18-4-1)68-55-26-8-7-23-49(55)51-36-52-50-35-43(27-29-56(50)69(58(52)37-57(51)68)46-19-5-2-6-20-46)59-38-61-62(70-59)39-60(71-61)44-28-30-63(66-40-44)67(47-21-13-15-41(33-47)53-24-9-11-31-64-53)48-22-14-16-42(34-48)54-25-10-12-32-65-54/h1-40H. The Morgan fingerprint density at radius 1 is 0.338 bits per heavy atom. The summed E-state index contributed by atoms with van der Waals surface area (Å²) in [7, 11) is 0. The Morgan fingerprint density at radius 2 is 0.873 bits per heavy atom. The number of aromatic nitrogens is 5. The van der Waals surface area contributed by atoms with E-state index in [-0.39, 0.29) is 0 Å². The van der Waals surface area contributed by atoms with E-state index in [0.717, 1.165) is 56.6 Å². The minimum atomic E-state index is 0.817. The van der Waals surface area contributed by atoms with Crippen molar-refractivity contribution >= 4 is 92.9 Å². The van der Waals surface area contributed by atoms with E-state index < -0.39 is 0 Å². The maximum Gasteiger partial charge on any atom is 0.137 e. The lowest BCUT2D eigenvalue weighted by Crippen LogP contribution is -2.11. The van der Waals surface area contributed by atoms with Gasteiger partial charge in [0.05, 0.1) is 33.5 Å². The molecule has 0 aliphatic rings. The number of nitrogens with zero attached hydrogens (tertiary/aromatic N) is 6. The zero-order valence-electron chi connectivity index (χ0n) is 38.1. The molecule has 7 heterocycles. The third-order valence-electron chi connectivity index (χ3n) is 13.5. The lowest BCUT2D eigenvalue weighted by Gasteiger charge is -2.25. The second-order valence-electron chi connectivity index (χ2n) is 17.7. The summed E-state index contributed by atoms with van der Waals surface area (Å²) in [6.07, 6.45) is 5.68. The Balaban J connectivity index is 0.834. The van der Waals surface area contributed by atoms with Gasteiger partial charge >= 0.3 is 0 Å².